The second kappa shape index (κ2) is 19.0. The van der Waals surface area contributed by atoms with Crippen molar-refractivity contribution in [1.29, 1.82) is 0 Å². The van der Waals surface area contributed by atoms with Crippen molar-refractivity contribution in [1.82, 2.24) is 45.8 Å². The number of aromatic nitrogens is 6. The van der Waals surface area contributed by atoms with E-state index in [0.717, 1.165) is 108 Å². The van der Waals surface area contributed by atoms with Crippen LogP contribution in [0, 0.1) is 19.8 Å². The zero-order chi connectivity index (χ0) is 44.1. The van der Waals surface area contributed by atoms with Crippen molar-refractivity contribution in [3.05, 3.63) is 126 Å². The number of nitrogens with one attached hydrogen (secondary N) is 4. The first-order valence-corrected chi connectivity index (χ1v) is 22.3. The lowest BCUT2D eigenvalue weighted by Crippen LogP contribution is -2.41. The molecule has 328 valence electrons. The van der Waals surface area contributed by atoms with Crippen LogP contribution in [0.5, 0.6) is 0 Å². The van der Waals surface area contributed by atoms with Crippen LogP contribution in [-0.2, 0) is 12.0 Å². The molecule has 0 saturated carbocycles. The number of rotatable bonds is 15. The number of benzene rings is 2. The van der Waals surface area contributed by atoms with Gasteiger partial charge in [-0.15, -0.1) is 0 Å². The van der Waals surface area contributed by atoms with Gasteiger partial charge < -0.3 is 30.3 Å². The number of hydrogen-bond acceptors (Lipinski definition) is 11. The molecule has 2 aliphatic heterocycles. The molecule has 6 heterocycles. The van der Waals surface area contributed by atoms with E-state index in [4.69, 9.17) is 14.5 Å². The molecule has 2 fully saturated rings. The third-order valence-electron chi connectivity index (χ3n) is 12.6. The van der Waals surface area contributed by atoms with E-state index in [1.807, 2.05) is 52.2 Å². The van der Waals surface area contributed by atoms with E-state index in [0.29, 0.717) is 23.9 Å². The van der Waals surface area contributed by atoms with Crippen LogP contribution in [0.1, 0.15) is 97.7 Å². The fraction of sp³-hybridized carbons (Fsp3) is 0.400. The fourth-order valence-corrected chi connectivity index (χ4v) is 8.73. The predicted octanol–water partition coefficient (Wildman–Crippen LogP) is 9.06. The quantitative estimate of drug-likeness (QED) is 0.0733. The van der Waals surface area contributed by atoms with Crippen LogP contribution in [-0.4, -0.2) is 80.4 Å². The molecule has 0 unspecified atom stereocenters. The lowest BCUT2D eigenvalue weighted by molar-refractivity contribution is 0.0907. The molecule has 2 aliphatic rings. The number of aryl methyl sites for hydroxylation is 2. The van der Waals surface area contributed by atoms with Crippen LogP contribution in [0.2, 0.25) is 0 Å². The largest absolute Gasteiger partial charge is 0.391 e. The molecule has 63 heavy (non-hydrogen) atoms. The number of amides is 1. The average molecular weight is 848 g/mol. The van der Waals surface area contributed by atoms with Gasteiger partial charge in [0.05, 0.1) is 5.69 Å². The van der Waals surface area contributed by atoms with Crippen LogP contribution in [0.4, 0.5) is 11.4 Å². The van der Waals surface area contributed by atoms with Crippen LogP contribution < -0.4 is 20.9 Å². The SMILES string of the molecule is C=CNCCC(=C)Nc1ccc(N2CCC(CN3CCC(c4ccc(-c5cnc6n[nH]c(-c7ccc(CNC(=O)c8nc(C(C)(C)C)no8)c(C)c7)c6c5)cn4)CC3)CC2)cc1C. The summed E-state index contributed by atoms with van der Waals surface area (Å²) in [4.78, 5) is 31.9. The van der Waals surface area contributed by atoms with Gasteiger partial charge >= 0.3 is 11.8 Å². The Labute approximate surface area is 370 Å². The van der Waals surface area contributed by atoms with Gasteiger partial charge in [-0.1, -0.05) is 57.3 Å². The second-order valence-electron chi connectivity index (χ2n) is 18.3. The van der Waals surface area contributed by atoms with Crippen molar-refractivity contribution < 1.29 is 9.32 Å². The third-order valence-corrected chi connectivity index (χ3v) is 12.6. The van der Waals surface area contributed by atoms with Crippen molar-refractivity contribution in [2.75, 3.05) is 49.5 Å². The Bertz CT molecular complexity index is 2550. The summed E-state index contributed by atoms with van der Waals surface area (Å²) in [6.45, 7) is 24.8. The summed E-state index contributed by atoms with van der Waals surface area (Å²) in [6, 6.07) is 19.4. The van der Waals surface area contributed by atoms with Gasteiger partial charge in [0.2, 0.25) is 0 Å². The van der Waals surface area contributed by atoms with Crippen molar-refractivity contribution in [3.8, 4) is 22.4 Å². The number of carbonyl (C=O) groups excluding carboxylic acids is 1. The molecule has 0 spiro atoms. The fourth-order valence-electron chi connectivity index (χ4n) is 8.73. The standard InChI is InChI=1S/C50H61N11O2/c1-8-51-20-15-34(4)55-43-14-12-41(26-33(43)3)61-23-16-35(17-24-61)31-60-21-18-36(19-22-60)44-13-11-39(29-52-44)40-27-42-45(57-58-46(42)53-30-40)37-9-10-38(32(2)25-37)28-54-47(62)48-56-49(59-63-48)50(5,6)7/h8-14,25-27,29-30,35-36,51,55H,1,4,15-24,28,31H2,2-3,5-7H3,(H,54,62)(H,53,57,58). The first kappa shape index (κ1) is 43.3. The number of carbonyl (C=O) groups is 1. The van der Waals surface area contributed by atoms with Crippen LogP contribution in [0.15, 0.2) is 96.6 Å². The summed E-state index contributed by atoms with van der Waals surface area (Å²) in [5, 5.41) is 22.1. The molecular formula is C50H61N11O2. The van der Waals surface area contributed by atoms with E-state index in [2.05, 4.69) is 109 Å². The van der Waals surface area contributed by atoms with Gasteiger partial charge in [-0.25, -0.2) is 4.98 Å². The van der Waals surface area contributed by atoms with Gasteiger partial charge in [-0.05, 0) is 118 Å². The minimum Gasteiger partial charge on any atom is -0.391 e. The van der Waals surface area contributed by atoms with Gasteiger partial charge in [0, 0.05) is 108 Å². The minimum atomic E-state index is -0.398. The number of H-pyrrole nitrogens is 1. The van der Waals surface area contributed by atoms with E-state index in [-0.39, 0.29) is 11.3 Å². The minimum absolute atomic E-state index is 0.0373. The summed E-state index contributed by atoms with van der Waals surface area (Å²) in [5.74, 6) is 1.27. The molecule has 0 bridgehead atoms. The molecule has 13 heteroatoms. The Morgan fingerprint density at radius 2 is 1.70 bits per heavy atom. The van der Waals surface area contributed by atoms with Crippen molar-refractivity contribution in [3.63, 3.8) is 0 Å². The lowest BCUT2D eigenvalue weighted by Gasteiger charge is -2.38. The number of fused-ring (bicyclic) bond motifs is 1. The molecule has 2 saturated heterocycles. The highest BCUT2D eigenvalue weighted by Crippen LogP contribution is 2.34. The highest BCUT2D eigenvalue weighted by molar-refractivity contribution is 5.93. The first-order valence-electron chi connectivity index (χ1n) is 22.3. The molecule has 6 aromatic rings. The zero-order valence-electron chi connectivity index (χ0n) is 37.4. The molecular weight excluding hydrogens is 787 g/mol. The number of pyridine rings is 2. The van der Waals surface area contributed by atoms with Gasteiger partial charge in [-0.2, -0.15) is 10.1 Å². The van der Waals surface area contributed by atoms with Crippen molar-refractivity contribution in [2.24, 2.45) is 5.92 Å². The van der Waals surface area contributed by atoms with Gasteiger partial charge in [-0.3, -0.25) is 14.9 Å². The zero-order valence-corrected chi connectivity index (χ0v) is 37.4. The number of piperidine rings is 2. The molecule has 13 nitrogen and oxygen atoms in total. The predicted molar refractivity (Wildman–Crippen MR) is 252 cm³/mol. The topological polar surface area (TPSA) is 153 Å². The van der Waals surface area contributed by atoms with Gasteiger partial charge in [0.25, 0.3) is 0 Å². The molecule has 4 aromatic heterocycles. The molecule has 0 aliphatic carbocycles. The summed E-state index contributed by atoms with van der Waals surface area (Å²) < 4.78 is 5.21. The number of nitrogens with zero attached hydrogens (tertiary/aromatic N) is 7. The summed E-state index contributed by atoms with van der Waals surface area (Å²) >= 11 is 0. The number of likely N-dealkylation sites (tertiary alicyclic amines) is 1. The van der Waals surface area contributed by atoms with E-state index in [1.54, 1.807) is 6.20 Å². The van der Waals surface area contributed by atoms with Crippen LogP contribution >= 0.6 is 0 Å². The molecule has 8 rings (SSSR count). The molecule has 4 N–H and O–H groups in total. The van der Waals surface area contributed by atoms with Gasteiger partial charge in [0.1, 0.15) is 0 Å². The van der Waals surface area contributed by atoms with Crippen LogP contribution in [0.25, 0.3) is 33.4 Å². The normalized spacial score (nSPS) is 15.4. The van der Waals surface area contributed by atoms with Crippen molar-refractivity contribution >= 4 is 28.3 Å². The average Bonchev–Trinajstić information content (AvgIpc) is 3.96. The number of hydrogen-bond donors (Lipinski definition) is 4. The smallest absolute Gasteiger partial charge is 0.315 e. The maximum Gasteiger partial charge on any atom is 0.315 e. The molecule has 2 aromatic carbocycles. The van der Waals surface area contributed by atoms with E-state index in [9.17, 15) is 4.79 Å². The first-order chi connectivity index (χ1) is 30.4. The van der Waals surface area contributed by atoms with Gasteiger partial charge in [0.15, 0.2) is 11.5 Å². The number of aromatic amines is 1. The summed E-state index contributed by atoms with van der Waals surface area (Å²) in [5.41, 5.74) is 12.1. The van der Waals surface area contributed by atoms with Crippen molar-refractivity contribution in [2.45, 2.75) is 84.6 Å². The van der Waals surface area contributed by atoms with Crippen LogP contribution in [0.3, 0.4) is 0 Å². The summed E-state index contributed by atoms with van der Waals surface area (Å²) in [6.07, 6.45) is 11.2. The summed E-state index contributed by atoms with van der Waals surface area (Å²) in [7, 11) is 0. The Hall–Kier alpha value is -6.34. The Morgan fingerprint density at radius 1 is 0.921 bits per heavy atom. The molecule has 1 amide bonds. The third kappa shape index (κ3) is 10.3. The molecule has 0 atom stereocenters. The maximum absolute atomic E-state index is 12.7. The maximum atomic E-state index is 12.7. The van der Waals surface area contributed by atoms with E-state index >= 15 is 0 Å². The second-order valence-corrected chi connectivity index (χ2v) is 18.3. The van der Waals surface area contributed by atoms with E-state index < -0.39 is 5.91 Å². The Morgan fingerprint density at radius 3 is 2.40 bits per heavy atom. The molecule has 0 radical (unpaired) electrons. The number of anilines is 2. The Kier molecular flexibility index (Phi) is 13.0. The van der Waals surface area contributed by atoms with E-state index in [1.165, 1.54) is 36.3 Å². The highest BCUT2D eigenvalue weighted by atomic mass is 16.5. The monoisotopic (exact) mass is 848 g/mol. The highest BCUT2D eigenvalue weighted by Gasteiger charge is 2.27. The Balaban J connectivity index is 0.813. The lowest BCUT2D eigenvalue weighted by atomic mass is 9.90.